The van der Waals surface area contributed by atoms with Gasteiger partial charge in [-0.05, 0) is 37.6 Å². The van der Waals surface area contributed by atoms with Crippen molar-refractivity contribution in [1.82, 2.24) is 34.3 Å². The van der Waals surface area contributed by atoms with E-state index in [9.17, 15) is 4.79 Å². The molecule has 1 aromatic carbocycles. The standard InChI is InChI=1S/C24H25N9O2/c1-13(2)23-29-21(31-35-23)17-19(25)26-12-27-20(17)28-15(4)22-30-32-11-10-14(3)18(32)24(34)33(22)16-8-6-5-7-9-16/h5-13,15H,1-4H3,(H3,25,26,27,28). The topological polar surface area (TPSA) is 142 Å². The minimum atomic E-state index is -0.459. The maximum Gasteiger partial charge on any atom is 0.282 e. The number of hydrogen-bond acceptors (Lipinski definition) is 9. The molecule has 0 bridgehead atoms. The van der Waals surface area contributed by atoms with E-state index in [1.807, 2.05) is 64.1 Å². The van der Waals surface area contributed by atoms with Gasteiger partial charge in [0.05, 0.1) is 11.7 Å². The van der Waals surface area contributed by atoms with Crippen LogP contribution in [0.1, 0.15) is 50.0 Å². The molecule has 0 amide bonds. The third kappa shape index (κ3) is 3.90. The molecule has 11 nitrogen and oxygen atoms in total. The lowest BCUT2D eigenvalue weighted by atomic mass is 10.2. The summed E-state index contributed by atoms with van der Waals surface area (Å²) in [5.41, 5.74) is 8.51. The number of nitrogens with one attached hydrogen (secondary N) is 1. The van der Waals surface area contributed by atoms with Gasteiger partial charge in [-0.3, -0.25) is 9.36 Å². The van der Waals surface area contributed by atoms with E-state index in [-0.39, 0.29) is 23.1 Å². The van der Waals surface area contributed by atoms with Gasteiger partial charge in [0, 0.05) is 12.1 Å². The molecule has 0 aliphatic carbocycles. The van der Waals surface area contributed by atoms with E-state index in [0.29, 0.717) is 34.3 Å². The van der Waals surface area contributed by atoms with Crippen molar-refractivity contribution in [3.05, 3.63) is 76.6 Å². The number of hydrogen-bond donors (Lipinski definition) is 2. The lowest BCUT2D eigenvalue weighted by Gasteiger charge is -2.20. The lowest BCUT2D eigenvalue weighted by Crippen LogP contribution is -2.29. The van der Waals surface area contributed by atoms with E-state index in [2.05, 4.69) is 25.4 Å². The zero-order valence-electron chi connectivity index (χ0n) is 19.8. The molecule has 178 valence electrons. The van der Waals surface area contributed by atoms with Crippen LogP contribution in [0.25, 0.3) is 22.6 Å². The van der Waals surface area contributed by atoms with Crippen molar-refractivity contribution in [2.75, 3.05) is 11.1 Å². The molecule has 1 unspecified atom stereocenters. The number of para-hydroxylation sites is 1. The molecule has 1 atom stereocenters. The molecule has 5 rings (SSSR count). The first kappa shape index (κ1) is 22.3. The average molecular weight is 472 g/mol. The molecule has 4 aromatic heterocycles. The molecule has 0 radical (unpaired) electrons. The summed E-state index contributed by atoms with van der Waals surface area (Å²) < 4.78 is 8.57. The van der Waals surface area contributed by atoms with Gasteiger partial charge in [0.2, 0.25) is 11.7 Å². The molecule has 11 heteroatoms. The quantitative estimate of drug-likeness (QED) is 0.380. The number of nitrogens with two attached hydrogens (primary N) is 1. The van der Waals surface area contributed by atoms with Crippen LogP contribution in [0.5, 0.6) is 0 Å². The van der Waals surface area contributed by atoms with Crippen LogP contribution in [0.2, 0.25) is 0 Å². The fourth-order valence-corrected chi connectivity index (χ4v) is 3.91. The fraction of sp³-hybridized carbons (Fsp3) is 0.250. The first-order valence-corrected chi connectivity index (χ1v) is 11.2. The van der Waals surface area contributed by atoms with E-state index in [1.165, 1.54) is 6.33 Å². The summed E-state index contributed by atoms with van der Waals surface area (Å²) in [6.45, 7) is 7.69. The Labute approximate surface area is 200 Å². The highest BCUT2D eigenvalue weighted by Gasteiger charge is 2.24. The Morgan fingerprint density at radius 1 is 1.09 bits per heavy atom. The molecule has 35 heavy (non-hydrogen) atoms. The highest BCUT2D eigenvalue weighted by molar-refractivity contribution is 5.79. The van der Waals surface area contributed by atoms with Gasteiger partial charge in [-0.25, -0.2) is 14.5 Å². The summed E-state index contributed by atoms with van der Waals surface area (Å²) in [6.07, 6.45) is 3.13. The van der Waals surface area contributed by atoms with Crippen molar-refractivity contribution in [3.63, 3.8) is 0 Å². The summed E-state index contributed by atoms with van der Waals surface area (Å²) in [4.78, 5) is 26.5. The Bertz CT molecular complexity index is 1570. The smallest absolute Gasteiger partial charge is 0.282 e. The summed E-state index contributed by atoms with van der Waals surface area (Å²) in [5, 5.41) is 12.2. The molecule has 0 aliphatic heterocycles. The summed E-state index contributed by atoms with van der Waals surface area (Å²) in [5.74, 6) is 1.92. The van der Waals surface area contributed by atoms with E-state index < -0.39 is 6.04 Å². The molecule has 0 aliphatic rings. The van der Waals surface area contributed by atoms with E-state index in [1.54, 1.807) is 15.3 Å². The second kappa shape index (κ2) is 8.67. The van der Waals surface area contributed by atoms with E-state index >= 15 is 0 Å². The zero-order chi connectivity index (χ0) is 24.7. The van der Waals surface area contributed by atoms with E-state index in [4.69, 9.17) is 15.4 Å². The zero-order valence-corrected chi connectivity index (χ0v) is 19.8. The van der Waals surface area contributed by atoms with Crippen molar-refractivity contribution in [2.45, 2.75) is 39.7 Å². The van der Waals surface area contributed by atoms with Gasteiger partial charge in [-0.15, -0.1) is 0 Å². The minimum absolute atomic E-state index is 0.0544. The van der Waals surface area contributed by atoms with E-state index in [0.717, 1.165) is 5.56 Å². The number of fused-ring (bicyclic) bond motifs is 1. The first-order chi connectivity index (χ1) is 16.8. The molecule has 0 saturated heterocycles. The van der Waals surface area contributed by atoms with Crippen molar-refractivity contribution >= 4 is 17.2 Å². The molecule has 5 aromatic rings. The van der Waals surface area contributed by atoms with Crippen LogP contribution < -0.4 is 16.6 Å². The predicted molar refractivity (Wildman–Crippen MR) is 131 cm³/mol. The first-order valence-electron chi connectivity index (χ1n) is 11.2. The van der Waals surface area contributed by atoms with Gasteiger partial charge in [0.25, 0.3) is 5.56 Å². The lowest BCUT2D eigenvalue weighted by molar-refractivity contribution is 0.365. The minimum Gasteiger partial charge on any atom is -0.383 e. The van der Waals surface area contributed by atoms with Crippen molar-refractivity contribution in [2.24, 2.45) is 0 Å². The Morgan fingerprint density at radius 2 is 1.86 bits per heavy atom. The summed E-state index contributed by atoms with van der Waals surface area (Å²) in [6, 6.07) is 10.8. The SMILES string of the molecule is Cc1ccn2nc(C(C)Nc3ncnc(N)c3-c3noc(C(C)C)n3)n(-c3ccccc3)c(=O)c12. The molecule has 0 saturated carbocycles. The predicted octanol–water partition coefficient (Wildman–Crippen LogP) is 3.51. The fourth-order valence-electron chi connectivity index (χ4n) is 3.91. The molecule has 0 fully saturated rings. The number of nitrogen functional groups attached to an aromatic ring is 1. The number of nitrogens with zero attached hydrogens (tertiary/aromatic N) is 7. The highest BCUT2D eigenvalue weighted by atomic mass is 16.5. The van der Waals surface area contributed by atoms with Crippen LogP contribution in [0.4, 0.5) is 11.6 Å². The normalized spacial score (nSPS) is 12.4. The second-order valence-electron chi connectivity index (χ2n) is 8.59. The Morgan fingerprint density at radius 3 is 2.57 bits per heavy atom. The van der Waals surface area contributed by atoms with Crippen molar-refractivity contribution in [1.29, 1.82) is 0 Å². The molecular weight excluding hydrogens is 446 g/mol. The largest absolute Gasteiger partial charge is 0.383 e. The highest BCUT2D eigenvalue weighted by Crippen LogP contribution is 2.31. The molecule has 4 heterocycles. The Balaban J connectivity index is 1.63. The number of aromatic nitrogens is 7. The monoisotopic (exact) mass is 471 g/mol. The average Bonchev–Trinajstić information content (AvgIpc) is 3.47. The third-order valence-electron chi connectivity index (χ3n) is 5.70. The van der Waals surface area contributed by atoms with Crippen LogP contribution >= 0.6 is 0 Å². The van der Waals surface area contributed by atoms with Gasteiger partial charge in [0.15, 0.2) is 5.82 Å². The maximum atomic E-state index is 13.6. The van der Waals surface area contributed by atoms with Gasteiger partial charge in [-0.1, -0.05) is 37.2 Å². The maximum absolute atomic E-state index is 13.6. The summed E-state index contributed by atoms with van der Waals surface area (Å²) in [7, 11) is 0. The summed E-state index contributed by atoms with van der Waals surface area (Å²) >= 11 is 0. The van der Waals surface area contributed by atoms with Crippen LogP contribution in [0.15, 0.2) is 58.2 Å². The Hall–Kier alpha value is -4.54. The van der Waals surface area contributed by atoms with Crippen LogP contribution in [0.3, 0.4) is 0 Å². The number of aryl methyl sites for hydroxylation is 1. The Kier molecular flexibility index (Phi) is 5.51. The second-order valence-corrected chi connectivity index (χ2v) is 8.59. The molecule has 3 N–H and O–H groups in total. The third-order valence-corrected chi connectivity index (χ3v) is 5.70. The van der Waals surface area contributed by atoms with Crippen LogP contribution in [-0.2, 0) is 0 Å². The van der Waals surface area contributed by atoms with Crippen molar-refractivity contribution < 1.29 is 4.52 Å². The molecule has 0 spiro atoms. The number of anilines is 2. The number of benzene rings is 1. The van der Waals surface area contributed by atoms with Gasteiger partial charge < -0.3 is 15.6 Å². The van der Waals surface area contributed by atoms with Gasteiger partial charge >= 0.3 is 0 Å². The van der Waals surface area contributed by atoms with Gasteiger partial charge in [-0.2, -0.15) is 10.1 Å². The van der Waals surface area contributed by atoms with Gasteiger partial charge in [0.1, 0.15) is 29.0 Å². The van der Waals surface area contributed by atoms with Crippen molar-refractivity contribution in [3.8, 4) is 17.1 Å². The van der Waals surface area contributed by atoms with Crippen LogP contribution in [0, 0.1) is 6.92 Å². The van der Waals surface area contributed by atoms with Crippen LogP contribution in [-0.4, -0.2) is 34.3 Å². The number of rotatable bonds is 6. The molecular formula is C24H25N9O2.